The molecule has 0 radical (unpaired) electrons. The summed E-state index contributed by atoms with van der Waals surface area (Å²) in [4.78, 5) is 18.2. The summed E-state index contributed by atoms with van der Waals surface area (Å²) in [6, 6.07) is 14.6. The molecule has 0 aliphatic heterocycles. The van der Waals surface area contributed by atoms with E-state index in [1.807, 2.05) is 58.9 Å². The van der Waals surface area contributed by atoms with E-state index in [0.717, 1.165) is 39.1 Å². The number of hydrogen-bond acceptors (Lipinski definition) is 8. The van der Waals surface area contributed by atoms with E-state index in [2.05, 4.69) is 15.4 Å². The Bertz CT molecular complexity index is 1870. The van der Waals surface area contributed by atoms with Crippen LogP contribution < -0.4 is 0 Å². The molecule has 218 valence electrons. The summed E-state index contributed by atoms with van der Waals surface area (Å²) >= 11 is 0. The van der Waals surface area contributed by atoms with Crippen LogP contribution in [0.15, 0.2) is 59.6 Å². The van der Waals surface area contributed by atoms with Gasteiger partial charge in [0.1, 0.15) is 0 Å². The molecule has 0 spiro atoms. The van der Waals surface area contributed by atoms with Crippen molar-refractivity contribution in [1.82, 2.24) is 29.2 Å². The van der Waals surface area contributed by atoms with Crippen molar-refractivity contribution in [2.45, 2.75) is 65.3 Å². The molecule has 5 rings (SSSR count). The van der Waals surface area contributed by atoms with Crippen molar-refractivity contribution in [2.75, 3.05) is 6.61 Å². The van der Waals surface area contributed by atoms with Crippen LogP contribution in [0, 0.1) is 20.8 Å². The van der Waals surface area contributed by atoms with E-state index in [1.54, 1.807) is 37.4 Å². The number of pyridine rings is 1. The van der Waals surface area contributed by atoms with Crippen molar-refractivity contribution in [2.24, 2.45) is 0 Å². The first-order chi connectivity index (χ1) is 20.0. The van der Waals surface area contributed by atoms with Gasteiger partial charge in [0, 0.05) is 23.9 Å². The second-order valence-corrected chi connectivity index (χ2v) is 12.6. The lowest BCUT2D eigenvalue weighted by molar-refractivity contribution is -0.144. The van der Waals surface area contributed by atoms with Gasteiger partial charge in [-0.3, -0.25) is 4.98 Å². The molecular formula is C31H34N6O4S. The number of fused-ring (bicyclic) bond motifs is 1. The third kappa shape index (κ3) is 5.69. The summed E-state index contributed by atoms with van der Waals surface area (Å²) in [5.74, 6) is 0.0869. The molecule has 0 fully saturated rings. The summed E-state index contributed by atoms with van der Waals surface area (Å²) < 4.78 is 33.5. The fraction of sp³-hybridized carbons (Fsp3) is 0.323. The van der Waals surface area contributed by atoms with E-state index in [1.165, 1.54) is 8.77 Å². The van der Waals surface area contributed by atoms with Gasteiger partial charge in [-0.2, -0.15) is 4.80 Å². The molecule has 0 saturated carbocycles. The quantitative estimate of drug-likeness (QED) is 0.218. The Labute approximate surface area is 245 Å². The first-order valence-corrected chi connectivity index (χ1v) is 15.3. The average molecular weight is 587 g/mol. The second-order valence-electron chi connectivity index (χ2n) is 10.7. The van der Waals surface area contributed by atoms with E-state index in [0.29, 0.717) is 29.9 Å². The Balaban J connectivity index is 1.46. The van der Waals surface area contributed by atoms with Gasteiger partial charge in [-0.05, 0) is 97.5 Å². The molecule has 11 heteroatoms. The van der Waals surface area contributed by atoms with Gasteiger partial charge in [-0.25, -0.2) is 17.2 Å². The number of carbonyl (C=O) groups is 1. The van der Waals surface area contributed by atoms with Crippen molar-refractivity contribution >= 4 is 27.0 Å². The van der Waals surface area contributed by atoms with Crippen LogP contribution in [0.2, 0.25) is 0 Å². The van der Waals surface area contributed by atoms with Crippen molar-refractivity contribution in [1.29, 1.82) is 0 Å². The van der Waals surface area contributed by atoms with Crippen LogP contribution >= 0.6 is 0 Å². The van der Waals surface area contributed by atoms with Gasteiger partial charge in [0.25, 0.3) is 10.0 Å². The largest absolute Gasteiger partial charge is 0.465 e. The van der Waals surface area contributed by atoms with Gasteiger partial charge < -0.3 is 4.74 Å². The highest BCUT2D eigenvalue weighted by Gasteiger charge is 2.23. The SMILES string of the molecule is CCOC(=O)Cn1nnc(-c2cc(C)c(Cc3ccc4c(n3)c(C(C)C)cn4S(=O)(=O)c3ccc(C)cc3)c(C)c2)n1. The number of benzene rings is 2. The van der Waals surface area contributed by atoms with Crippen LogP contribution in [0.1, 0.15) is 60.2 Å². The zero-order chi connectivity index (χ0) is 30.2. The van der Waals surface area contributed by atoms with Crippen LogP contribution in [0.4, 0.5) is 0 Å². The number of carbonyl (C=O) groups excluding carboxylic acids is 1. The summed E-state index contributed by atoms with van der Waals surface area (Å²) in [5, 5.41) is 12.4. The van der Waals surface area contributed by atoms with Gasteiger partial charge in [0.2, 0.25) is 5.82 Å². The van der Waals surface area contributed by atoms with Crippen LogP contribution in [0.5, 0.6) is 0 Å². The van der Waals surface area contributed by atoms with Gasteiger partial charge >= 0.3 is 5.97 Å². The molecule has 0 amide bonds. The molecular weight excluding hydrogens is 552 g/mol. The molecule has 0 N–H and O–H groups in total. The Hall–Kier alpha value is -4.38. The highest BCUT2D eigenvalue weighted by atomic mass is 32.2. The summed E-state index contributed by atoms with van der Waals surface area (Å²) in [5.41, 5.74) is 7.95. The molecule has 2 aromatic carbocycles. The lowest BCUT2D eigenvalue weighted by Crippen LogP contribution is -2.15. The maximum atomic E-state index is 13.6. The molecule has 0 aliphatic carbocycles. The van der Waals surface area contributed by atoms with Crippen molar-refractivity contribution < 1.29 is 17.9 Å². The lowest BCUT2D eigenvalue weighted by atomic mass is 9.95. The minimum atomic E-state index is -3.79. The summed E-state index contributed by atoms with van der Waals surface area (Å²) in [6.07, 6.45) is 2.28. The lowest BCUT2D eigenvalue weighted by Gasteiger charge is -2.12. The monoisotopic (exact) mass is 586 g/mol. The first kappa shape index (κ1) is 29.1. The van der Waals surface area contributed by atoms with E-state index in [-0.39, 0.29) is 17.4 Å². The highest BCUT2D eigenvalue weighted by Crippen LogP contribution is 2.31. The van der Waals surface area contributed by atoms with E-state index < -0.39 is 16.0 Å². The van der Waals surface area contributed by atoms with Gasteiger partial charge in [0.15, 0.2) is 6.54 Å². The Kier molecular flexibility index (Phi) is 7.96. The number of tetrazole rings is 1. The zero-order valence-electron chi connectivity index (χ0n) is 24.6. The maximum Gasteiger partial charge on any atom is 0.329 e. The predicted octanol–water partition coefficient (Wildman–Crippen LogP) is 5.13. The highest BCUT2D eigenvalue weighted by molar-refractivity contribution is 7.90. The summed E-state index contributed by atoms with van der Waals surface area (Å²) in [6.45, 7) is 12.0. The van der Waals surface area contributed by atoms with Crippen molar-refractivity contribution in [3.63, 3.8) is 0 Å². The first-order valence-electron chi connectivity index (χ1n) is 13.8. The number of ether oxygens (including phenoxy) is 1. The number of aryl methyl sites for hydroxylation is 3. The third-order valence-corrected chi connectivity index (χ3v) is 8.93. The normalized spacial score (nSPS) is 11.9. The van der Waals surface area contributed by atoms with E-state index in [4.69, 9.17) is 9.72 Å². The fourth-order valence-corrected chi connectivity index (χ4v) is 6.38. The third-order valence-electron chi connectivity index (χ3n) is 7.24. The van der Waals surface area contributed by atoms with Gasteiger partial charge in [-0.1, -0.05) is 31.5 Å². The Morgan fingerprint density at radius 2 is 1.69 bits per heavy atom. The number of nitrogens with zero attached hydrogens (tertiary/aromatic N) is 6. The number of rotatable bonds is 9. The molecule has 0 aliphatic rings. The average Bonchev–Trinajstić information content (AvgIpc) is 3.56. The smallest absolute Gasteiger partial charge is 0.329 e. The minimum absolute atomic E-state index is 0.0808. The molecule has 3 heterocycles. The van der Waals surface area contributed by atoms with Gasteiger partial charge in [-0.15, -0.1) is 10.2 Å². The number of hydrogen-bond donors (Lipinski definition) is 0. The topological polar surface area (TPSA) is 122 Å². The second kappa shape index (κ2) is 11.5. The summed E-state index contributed by atoms with van der Waals surface area (Å²) in [7, 11) is -3.79. The standard InChI is InChI=1S/C31H34N6O4S/c1-7-41-29(38)18-37-34-31(33-35-37)23-14-21(5)26(22(6)15-23)16-24-10-13-28-30(32-24)27(19(2)3)17-36(28)42(39,40)25-11-8-20(4)9-12-25/h8-15,17,19H,7,16,18H2,1-6H3. The molecule has 42 heavy (non-hydrogen) atoms. The van der Waals surface area contributed by atoms with E-state index in [9.17, 15) is 13.2 Å². The van der Waals surface area contributed by atoms with Crippen LogP contribution in [-0.4, -0.2) is 50.2 Å². The molecule has 0 saturated heterocycles. The number of aromatic nitrogens is 6. The molecule has 3 aromatic heterocycles. The predicted molar refractivity (Wildman–Crippen MR) is 160 cm³/mol. The Morgan fingerprint density at radius 1 is 1.00 bits per heavy atom. The van der Waals surface area contributed by atoms with Crippen LogP contribution in [0.25, 0.3) is 22.4 Å². The van der Waals surface area contributed by atoms with Crippen LogP contribution in [-0.2, 0) is 32.5 Å². The van der Waals surface area contributed by atoms with Crippen molar-refractivity contribution in [3.05, 3.63) is 88.2 Å². The molecule has 0 bridgehead atoms. The molecule has 0 atom stereocenters. The maximum absolute atomic E-state index is 13.6. The van der Waals surface area contributed by atoms with Gasteiger partial charge in [0.05, 0.1) is 22.5 Å². The minimum Gasteiger partial charge on any atom is -0.465 e. The van der Waals surface area contributed by atoms with Crippen LogP contribution in [0.3, 0.4) is 0 Å². The number of esters is 1. The Morgan fingerprint density at radius 3 is 2.33 bits per heavy atom. The zero-order valence-corrected chi connectivity index (χ0v) is 25.4. The molecule has 0 unspecified atom stereocenters. The van der Waals surface area contributed by atoms with E-state index >= 15 is 0 Å². The molecule has 10 nitrogen and oxygen atoms in total. The van der Waals surface area contributed by atoms with Crippen molar-refractivity contribution in [3.8, 4) is 11.4 Å². The molecule has 5 aromatic rings. The fourth-order valence-electron chi connectivity index (χ4n) is 5.01.